The second-order valence-electron chi connectivity index (χ2n) is 3.81. The maximum absolute atomic E-state index is 11.6. The Labute approximate surface area is 105 Å². The molecule has 0 unspecified atom stereocenters. The molecule has 0 aliphatic carbocycles. The van der Waals surface area contributed by atoms with Crippen LogP contribution < -0.4 is 27.2 Å². The van der Waals surface area contributed by atoms with Gasteiger partial charge < -0.3 is 32.0 Å². The molecule has 8 heteroatoms. The summed E-state index contributed by atoms with van der Waals surface area (Å²) in [5.41, 5.74) is 7.09. The predicted molar refractivity (Wildman–Crippen MR) is 59.3 cm³/mol. The summed E-state index contributed by atoms with van der Waals surface area (Å²) in [7, 11) is 0. The molecule has 0 aliphatic rings. The molecule has 0 bridgehead atoms. The highest BCUT2D eigenvalue weighted by atomic mass is 16.4. The van der Waals surface area contributed by atoms with Crippen LogP contribution in [-0.2, 0) is 14.4 Å². The van der Waals surface area contributed by atoms with Crippen molar-refractivity contribution in [1.29, 1.82) is 0 Å². The predicted octanol–water partition coefficient (Wildman–Crippen LogP) is -5.01. The fourth-order valence-corrected chi connectivity index (χ4v) is 1.34. The number of quaternary nitrogens is 2. The van der Waals surface area contributed by atoms with Crippen molar-refractivity contribution in [2.75, 3.05) is 19.6 Å². The molecule has 0 spiro atoms. The van der Waals surface area contributed by atoms with Crippen LogP contribution in [0.1, 0.15) is 19.3 Å². The van der Waals surface area contributed by atoms with Gasteiger partial charge in [0, 0.05) is 0 Å². The monoisotopic (exact) mass is 261 g/mol. The lowest BCUT2D eigenvalue weighted by atomic mass is 10.1. The van der Waals surface area contributed by atoms with Crippen LogP contribution in [0.2, 0.25) is 0 Å². The Morgan fingerprint density at radius 2 is 1.83 bits per heavy atom. The zero-order valence-corrected chi connectivity index (χ0v) is 10.4. The maximum Gasteiger partial charge on any atom is 0.275 e. The molecule has 0 rings (SSSR count). The van der Waals surface area contributed by atoms with Crippen LogP contribution in [0.4, 0.5) is 0 Å². The number of rotatable bonds is 9. The Bertz CT molecular complexity index is 296. The van der Waals surface area contributed by atoms with Crippen molar-refractivity contribution in [3.63, 3.8) is 0 Å². The van der Waals surface area contributed by atoms with Gasteiger partial charge in [0.25, 0.3) is 5.91 Å². The topological polar surface area (TPSA) is 154 Å². The normalized spacial score (nSPS) is 11.7. The van der Waals surface area contributed by atoms with Gasteiger partial charge in [-0.25, -0.2) is 0 Å². The van der Waals surface area contributed by atoms with Gasteiger partial charge in [-0.15, -0.1) is 0 Å². The highest BCUT2D eigenvalue weighted by molar-refractivity contribution is 5.89. The van der Waals surface area contributed by atoms with E-state index in [0.717, 1.165) is 19.4 Å². The number of carbonyl (C=O) groups is 3. The molecular formula is C10H21N4O4+. The Balaban J connectivity index is 4.28. The summed E-state index contributed by atoms with van der Waals surface area (Å²) in [5, 5.41) is 14.9. The number of carboxylic acid groups (broad SMARTS) is 1. The lowest BCUT2D eigenvalue weighted by Crippen LogP contribution is -2.60. The molecule has 0 aromatic rings. The van der Waals surface area contributed by atoms with Gasteiger partial charge in [0.05, 0.1) is 19.1 Å². The molecule has 104 valence electrons. The van der Waals surface area contributed by atoms with Crippen molar-refractivity contribution >= 4 is 17.8 Å². The van der Waals surface area contributed by atoms with Gasteiger partial charge in [-0.3, -0.25) is 9.59 Å². The van der Waals surface area contributed by atoms with E-state index in [4.69, 9.17) is 0 Å². The van der Waals surface area contributed by atoms with Crippen LogP contribution in [0, 0.1) is 0 Å². The van der Waals surface area contributed by atoms with Gasteiger partial charge in [0.2, 0.25) is 5.91 Å². The fraction of sp³-hybridized carbons (Fsp3) is 0.700. The second kappa shape index (κ2) is 9.37. The van der Waals surface area contributed by atoms with E-state index < -0.39 is 24.5 Å². The second-order valence-corrected chi connectivity index (χ2v) is 3.81. The van der Waals surface area contributed by atoms with Gasteiger partial charge in [-0.05, 0) is 19.3 Å². The maximum atomic E-state index is 11.6. The molecule has 0 aliphatic heterocycles. The molecule has 8 nitrogen and oxygen atoms in total. The Morgan fingerprint density at radius 1 is 1.17 bits per heavy atom. The first kappa shape index (κ1) is 16.3. The molecule has 0 radical (unpaired) electrons. The summed E-state index contributed by atoms with van der Waals surface area (Å²) in [5.74, 6) is -2.24. The van der Waals surface area contributed by atoms with Crippen LogP contribution in [0.3, 0.4) is 0 Å². The van der Waals surface area contributed by atoms with E-state index >= 15 is 0 Å². The van der Waals surface area contributed by atoms with Crippen LogP contribution in [0.25, 0.3) is 0 Å². The van der Waals surface area contributed by atoms with E-state index in [2.05, 4.69) is 22.1 Å². The van der Waals surface area contributed by atoms with Crippen molar-refractivity contribution < 1.29 is 31.0 Å². The number of carboxylic acids is 1. The Kier molecular flexibility index (Phi) is 8.50. The highest BCUT2D eigenvalue weighted by Crippen LogP contribution is 2.00. The van der Waals surface area contributed by atoms with Gasteiger partial charge in [0.15, 0.2) is 6.54 Å². The summed E-state index contributed by atoms with van der Waals surface area (Å²) in [4.78, 5) is 33.1. The summed E-state index contributed by atoms with van der Waals surface area (Å²) < 4.78 is 0. The van der Waals surface area contributed by atoms with Crippen LogP contribution in [-0.4, -0.2) is 43.5 Å². The molecule has 0 saturated carbocycles. The Hall–Kier alpha value is -1.67. The minimum Gasteiger partial charge on any atom is -0.548 e. The average molecular weight is 261 g/mol. The van der Waals surface area contributed by atoms with E-state index in [0.29, 0.717) is 6.42 Å². The quantitative estimate of drug-likeness (QED) is 0.307. The largest absolute Gasteiger partial charge is 0.548 e. The molecule has 1 atom stereocenters. The minimum absolute atomic E-state index is 0.0274. The number of aliphatic carboxylic acids is 1. The lowest BCUT2D eigenvalue weighted by Gasteiger charge is -2.17. The minimum atomic E-state index is -1.37. The molecule has 2 amide bonds. The third kappa shape index (κ3) is 7.58. The van der Waals surface area contributed by atoms with Gasteiger partial charge in [-0.1, -0.05) is 0 Å². The number of amides is 2. The van der Waals surface area contributed by atoms with Gasteiger partial charge >= 0.3 is 0 Å². The van der Waals surface area contributed by atoms with Crippen molar-refractivity contribution in [2.24, 2.45) is 0 Å². The third-order valence-electron chi connectivity index (χ3n) is 2.28. The van der Waals surface area contributed by atoms with Crippen molar-refractivity contribution in [2.45, 2.75) is 25.3 Å². The van der Waals surface area contributed by atoms with E-state index in [-0.39, 0.29) is 12.5 Å². The Morgan fingerprint density at radius 3 is 2.33 bits per heavy atom. The van der Waals surface area contributed by atoms with Gasteiger partial charge in [-0.2, -0.15) is 0 Å². The average Bonchev–Trinajstić information content (AvgIpc) is 2.34. The third-order valence-corrected chi connectivity index (χ3v) is 2.28. The van der Waals surface area contributed by atoms with Crippen LogP contribution in [0.15, 0.2) is 0 Å². The number of carbonyl (C=O) groups excluding carboxylic acids is 3. The van der Waals surface area contributed by atoms with Crippen molar-refractivity contribution in [3.8, 4) is 0 Å². The first-order valence-electron chi connectivity index (χ1n) is 5.86. The number of hydrogen-bond donors (Lipinski definition) is 4. The molecule has 0 saturated heterocycles. The highest BCUT2D eigenvalue weighted by Gasteiger charge is 2.19. The van der Waals surface area contributed by atoms with E-state index in [1.165, 1.54) is 0 Å². The molecule has 0 aromatic heterocycles. The molecule has 0 heterocycles. The van der Waals surface area contributed by atoms with E-state index in [9.17, 15) is 19.5 Å². The van der Waals surface area contributed by atoms with Crippen molar-refractivity contribution in [1.82, 2.24) is 10.6 Å². The molecular weight excluding hydrogens is 240 g/mol. The van der Waals surface area contributed by atoms with Crippen LogP contribution in [0.5, 0.6) is 0 Å². The molecule has 0 aromatic carbocycles. The number of hydrogen-bond acceptors (Lipinski definition) is 4. The first-order valence-corrected chi connectivity index (χ1v) is 5.86. The molecule has 0 fully saturated rings. The van der Waals surface area contributed by atoms with Crippen molar-refractivity contribution in [3.05, 3.63) is 0 Å². The summed E-state index contributed by atoms with van der Waals surface area (Å²) in [6, 6.07) is -0.731. The molecule has 8 N–H and O–H groups in total. The number of nitrogens with one attached hydrogen (secondary N) is 2. The standard InChI is InChI=1S/C10H20N4O4/c11-4-2-1-3-7(14-8(15)5-12)10(18)13-6-9(16)17/h7H,1-6,11-12H2,(H,13,18)(H,14,15)(H,16,17)/p+1/t7-/m0/s1. The lowest BCUT2D eigenvalue weighted by molar-refractivity contribution is -0.368. The SMILES string of the molecule is [NH3+]CCCC[C@H](NC(=O)C[NH3+])C(=O)NCC(=O)[O-]. The van der Waals surface area contributed by atoms with E-state index in [1.807, 2.05) is 0 Å². The zero-order valence-electron chi connectivity index (χ0n) is 10.4. The summed E-state index contributed by atoms with van der Waals surface area (Å²) in [6.45, 7) is 0.210. The van der Waals surface area contributed by atoms with Gasteiger partial charge in [0.1, 0.15) is 6.04 Å². The smallest absolute Gasteiger partial charge is 0.275 e. The number of unbranched alkanes of at least 4 members (excludes halogenated alkanes) is 1. The zero-order chi connectivity index (χ0) is 14.0. The van der Waals surface area contributed by atoms with Crippen LogP contribution >= 0.6 is 0 Å². The molecule has 18 heavy (non-hydrogen) atoms. The summed E-state index contributed by atoms with van der Waals surface area (Å²) >= 11 is 0. The summed E-state index contributed by atoms with van der Waals surface area (Å²) in [6.07, 6.45) is 2.01. The first-order chi connectivity index (χ1) is 8.51. The van der Waals surface area contributed by atoms with E-state index in [1.54, 1.807) is 0 Å². The fourth-order valence-electron chi connectivity index (χ4n) is 1.34.